The molecule has 0 bridgehead atoms. The lowest BCUT2D eigenvalue weighted by Gasteiger charge is -1.96. The summed E-state index contributed by atoms with van der Waals surface area (Å²) < 4.78 is 0. The second-order valence-electron chi connectivity index (χ2n) is 1.39. The smallest absolute Gasteiger partial charge is 0.294 e. The maximum atomic E-state index is 10.3. The third-order valence-electron chi connectivity index (χ3n) is 0.717. The van der Waals surface area contributed by atoms with Gasteiger partial charge in [-0.15, -0.1) is 0 Å². The highest BCUT2D eigenvalue weighted by atomic mass is 35.5. The van der Waals surface area contributed by atoms with E-state index in [2.05, 4.69) is 9.78 Å². The van der Waals surface area contributed by atoms with Crippen LogP contribution >= 0.6 is 23.2 Å². The van der Waals surface area contributed by atoms with E-state index in [1.165, 1.54) is 0 Å². The van der Waals surface area contributed by atoms with Crippen LogP contribution < -0.4 is 0 Å². The summed E-state index contributed by atoms with van der Waals surface area (Å²) >= 11 is 10.1. The average Bonchev–Trinajstić information content (AvgIpc) is 2.12. The van der Waals surface area contributed by atoms with Gasteiger partial charge >= 0.3 is 11.9 Å². The van der Waals surface area contributed by atoms with Crippen molar-refractivity contribution in [2.75, 3.05) is 0 Å². The lowest BCUT2D eigenvalue weighted by molar-refractivity contribution is -0.231. The summed E-state index contributed by atoms with van der Waals surface area (Å²) in [6.45, 7) is 0. The minimum Gasteiger partial charge on any atom is -0.294 e. The predicted octanol–water partition coefficient (Wildman–Crippen LogP) is 0.708. The summed E-state index contributed by atoms with van der Waals surface area (Å²) in [5.41, 5.74) is 0. The van der Waals surface area contributed by atoms with Crippen LogP contribution in [0.3, 0.4) is 0 Å². The summed E-state index contributed by atoms with van der Waals surface area (Å²) in [4.78, 5) is 26.9. The van der Waals surface area contributed by atoms with E-state index in [-0.39, 0.29) is 0 Å². The molecule has 68 valence electrons. The molecule has 0 heterocycles. The fourth-order valence-electron chi connectivity index (χ4n) is 0.259. The molecule has 0 amide bonds. The van der Waals surface area contributed by atoms with Crippen molar-refractivity contribution in [3.8, 4) is 0 Å². The Balaban J connectivity index is 4.68. The molecule has 0 radical (unpaired) electrons. The molecule has 0 spiro atoms. The van der Waals surface area contributed by atoms with E-state index in [1.54, 1.807) is 0 Å². The van der Waals surface area contributed by atoms with Crippen molar-refractivity contribution < 1.29 is 29.9 Å². The molecule has 0 fully saturated rings. The van der Waals surface area contributed by atoms with Gasteiger partial charge in [-0.25, -0.2) is 9.59 Å². The van der Waals surface area contributed by atoms with Crippen LogP contribution in [0.5, 0.6) is 0 Å². The average molecular weight is 217 g/mol. The van der Waals surface area contributed by atoms with Gasteiger partial charge in [0.2, 0.25) is 0 Å². The molecule has 6 nitrogen and oxygen atoms in total. The van der Waals surface area contributed by atoms with Gasteiger partial charge in [-0.3, -0.25) is 9.78 Å². The highest BCUT2D eigenvalue weighted by molar-refractivity contribution is 6.52. The highest BCUT2D eigenvalue weighted by Gasteiger charge is 2.20. The number of halogens is 2. The molecule has 0 unspecified atom stereocenters. The van der Waals surface area contributed by atoms with Crippen LogP contribution in [0.15, 0.2) is 10.1 Å². The first kappa shape index (κ1) is 11.2. The van der Waals surface area contributed by atoms with Crippen molar-refractivity contribution in [2.45, 2.75) is 0 Å². The van der Waals surface area contributed by atoms with E-state index in [0.717, 1.165) is 0 Å². The predicted molar refractivity (Wildman–Crippen MR) is 36.2 cm³/mol. The zero-order chi connectivity index (χ0) is 9.72. The standard InChI is InChI=1S/C4H2Cl2O6/c5-1(3(7)11-9)2(6)4(8)12-10/h9-10H. The van der Waals surface area contributed by atoms with Gasteiger partial charge in [-0.1, -0.05) is 23.2 Å². The molecule has 2 N–H and O–H groups in total. The summed E-state index contributed by atoms with van der Waals surface area (Å²) in [5.74, 6) is -2.88. The molecular formula is C4H2Cl2O6. The number of carbonyl (C=O) groups is 2. The number of rotatable bonds is 2. The zero-order valence-corrected chi connectivity index (χ0v) is 6.80. The first-order chi connectivity index (χ1) is 5.54. The Hall–Kier alpha value is -0.820. The Morgan fingerprint density at radius 1 is 0.917 bits per heavy atom. The van der Waals surface area contributed by atoms with E-state index >= 15 is 0 Å². The lowest BCUT2D eigenvalue weighted by atomic mass is 10.5. The molecule has 0 aromatic carbocycles. The van der Waals surface area contributed by atoms with Gasteiger partial charge in [0.25, 0.3) is 0 Å². The Bertz CT molecular complexity index is 210. The van der Waals surface area contributed by atoms with Gasteiger partial charge < -0.3 is 0 Å². The summed E-state index contributed by atoms with van der Waals surface area (Å²) in [5, 5.41) is 13.7. The Labute approximate surface area is 75.7 Å². The summed E-state index contributed by atoms with van der Waals surface area (Å²) in [6, 6.07) is 0. The molecule has 12 heavy (non-hydrogen) atoms. The van der Waals surface area contributed by atoms with E-state index < -0.39 is 22.0 Å². The van der Waals surface area contributed by atoms with Crippen LogP contribution in [-0.4, -0.2) is 22.5 Å². The minimum absolute atomic E-state index is 0.904. The summed E-state index contributed by atoms with van der Waals surface area (Å²) in [7, 11) is 0. The maximum absolute atomic E-state index is 10.3. The maximum Gasteiger partial charge on any atom is 0.385 e. The van der Waals surface area contributed by atoms with Gasteiger partial charge in [0, 0.05) is 0 Å². The largest absolute Gasteiger partial charge is 0.385 e. The quantitative estimate of drug-likeness (QED) is 0.401. The van der Waals surface area contributed by atoms with Crippen LogP contribution in [0, 0.1) is 0 Å². The Morgan fingerprint density at radius 2 is 1.17 bits per heavy atom. The van der Waals surface area contributed by atoms with Crippen LogP contribution in [0.1, 0.15) is 0 Å². The molecule has 0 aromatic rings. The highest BCUT2D eigenvalue weighted by Crippen LogP contribution is 2.16. The third kappa shape index (κ3) is 2.67. The first-order valence-electron chi connectivity index (χ1n) is 2.31. The van der Waals surface area contributed by atoms with E-state index in [0.29, 0.717) is 0 Å². The zero-order valence-electron chi connectivity index (χ0n) is 5.28. The van der Waals surface area contributed by atoms with Gasteiger partial charge in [-0.05, 0) is 0 Å². The van der Waals surface area contributed by atoms with E-state index in [1.807, 2.05) is 0 Å². The monoisotopic (exact) mass is 216 g/mol. The third-order valence-corrected chi connectivity index (χ3v) is 1.50. The van der Waals surface area contributed by atoms with Crippen LogP contribution in [0.4, 0.5) is 0 Å². The van der Waals surface area contributed by atoms with E-state index in [9.17, 15) is 9.59 Å². The van der Waals surface area contributed by atoms with Gasteiger partial charge in [0.1, 0.15) is 0 Å². The molecule has 0 atom stereocenters. The second kappa shape index (κ2) is 4.94. The van der Waals surface area contributed by atoms with Crippen molar-refractivity contribution >= 4 is 35.1 Å². The minimum atomic E-state index is -1.44. The van der Waals surface area contributed by atoms with Crippen LogP contribution in [0.2, 0.25) is 0 Å². The van der Waals surface area contributed by atoms with Crippen molar-refractivity contribution in [2.24, 2.45) is 0 Å². The van der Waals surface area contributed by atoms with Crippen LogP contribution in [-0.2, 0) is 19.4 Å². The SMILES string of the molecule is O=C(OO)C(Cl)=C(Cl)C(=O)OO. The molecular weight excluding hydrogens is 215 g/mol. The van der Waals surface area contributed by atoms with Crippen molar-refractivity contribution in [1.29, 1.82) is 0 Å². The van der Waals surface area contributed by atoms with Gasteiger partial charge in [0.05, 0.1) is 0 Å². The molecule has 0 aliphatic carbocycles. The molecule has 8 heteroatoms. The molecule has 0 saturated heterocycles. The normalized spacial score (nSPS) is 11.7. The molecule has 0 rings (SSSR count). The first-order valence-corrected chi connectivity index (χ1v) is 3.07. The van der Waals surface area contributed by atoms with Gasteiger partial charge in [0.15, 0.2) is 10.1 Å². The number of hydrogen-bond acceptors (Lipinski definition) is 6. The van der Waals surface area contributed by atoms with Crippen LogP contribution in [0.25, 0.3) is 0 Å². The lowest BCUT2D eigenvalue weighted by Crippen LogP contribution is -2.08. The number of hydrogen-bond donors (Lipinski definition) is 2. The molecule has 0 saturated carbocycles. The fourth-order valence-corrected chi connectivity index (χ4v) is 0.483. The Morgan fingerprint density at radius 3 is 1.33 bits per heavy atom. The number of carbonyl (C=O) groups excluding carboxylic acids is 2. The van der Waals surface area contributed by atoms with Crippen molar-refractivity contribution in [3.05, 3.63) is 10.1 Å². The van der Waals surface area contributed by atoms with Crippen molar-refractivity contribution in [1.82, 2.24) is 0 Å². The molecule has 0 aliphatic rings. The second-order valence-corrected chi connectivity index (χ2v) is 2.14. The van der Waals surface area contributed by atoms with Gasteiger partial charge in [-0.2, -0.15) is 10.5 Å². The molecule has 0 aromatic heterocycles. The molecule has 0 aliphatic heterocycles. The Kier molecular flexibility index (Phi) is 4.60. The van der Waals surface area contributed by atoms with Crippen molar-refractivity contribution in [3.63, 3.8) is 0 Å². The summed E-state index contributed by atoms with van der Waals surface area (Å²) in [6.07, 6.45) is 0. The fraction of sp³-hybridized carbons (Fsp3) is 0. The topological polar surface area (TPSA) is 93.1 Å². The van der Waals surface area contributed by atoms with E-state index in [4.69, 9.17) is 33.7 Å².